The monoisotopic (exact) mass is 496 g/mol. The minimum atomic E-state index is -0.874. The smallest absolute Gasteiger partial charge is 0.336 e. The molecule has 1 heterocycles. The minimum absolute atomic E-state index is 0.134. The average molecular weight is 497 g/mol. The Hall–Kier alpha value is -3.59. The third-order valence-corrected chi connectivity index (χ3v) is 6.44. The molecule has 3 rings (SSSR count). The molecule has 0 aliphatic carbocycles. The third kappa shape index (κ3) is 6.30. The molecule has 0 saturated heterocycles. The predicted octanol–water partition coefficient (Wildman–Crippen LogP) is 4.87. The zero-order valence-corrected chi connectivity index (χ0v) is 20.7. The molecule has 184 valence electrons. The summed E-state index contributed by atoms with van der Waals surface area (Å²) in [7, 11) is 0. The van der Waals surface area contributed by atoms with Crippen molar-refractivity contribution in [2.24, 2.45) is 0 Å². The molecule has 8 nitrogen and oxygen atoms in total. The Bertz CT molecular complexity index is 1160. The largest absolute Gasteiger partial charge is 0.463 e. The molecule has 35 heavy (non-hydrogen) atoms. The lowest BCUT2D eigenvalue weighted by molar-refractivity contribution is -0.384. The first-order valence-electron chi connectivity index (χ1n) is 11.3. The van der Waals surface area contributed by atoms with Gasteiger partial charge in [0.05, 0.1) is 35.2 Å². The van der Waals surface area contributed by atoms with Crippen LogP contribution in [0, 0.1) is 10.1 Å². The van der Waals surface area contributed by atoms with Crippen LogP contribution in [0.3, 0.4) is 0 Å². The van der Waals surface area contributed by atoms with Crippen LogP contribution in [0.15, 0.2) is 77.1 Å². The fourth-order valence-corrected chi connectivity index (χ4v) is 4.90. The Morgan fingerprint density at radius 3 is 2.26 bits per heavy atom. The highest BCUT2D eigenvalue weighted by Crippen LogP contribution is 2.41. The molecule has 1 aliphatic heterocycles. The topological polar surface area (TPSA) is 108 Å². The number of hydrogen-bond donors (Lipinski definition) is 1. The Balaban J connectivity index is 2.09. The van der Waals surface area contributed by atoms with Crippen LogP contribution in [-0.2, 0) is 24.8 Å². The molecular formula is C26H28N2O6S. The van der Waals surface area contributed by atoms with Gasteiger partial charge in [-0.3, -0.25) is 10.1 Å². The number of esters is 2. The normalized spacial score (nSPS) is 15.5. The van der Waals surface area contributed by atoms with Crippen LogP contribution in [0.5, 0.6) is 0 Å². The SMILES string of the molecule is CCOC(=O)C1=C(C)NC(CSCc2ccccc2)=C(C(=O)OCC)C1c1cccc([N+](=O)[O-])c1. The molecular weight excluding hydrogens is 468 g/mol. The van der Waals surface area contributed by atoms with Crippen molar-refractivity contribution in [3.8, 4) is 0 Å². The summed E-state index contributed by atoms with van der Waals surface area (Å²) in [5.41, 5.74) is 3.06. The van der Waals surface area contributed by atoms with E-state index in [0.717, 1.165) is 11.3 Å². The van der Waals surface area contributed by atoms with E-state index in [2.05, 4.69) is 5.32 Å². The zero-order valence-electron chi connectivity index (χ0n) is 19.9. The summed E-state index contributed by atoms with van der Waals surface area (Å²) in [6.07, 6.45) is 0. The number of carbonyl (C=O) groups is 2. The van der Waals surface area contributed by atoms with Crippen LogP contribution in [-0.4, -0.2) is 35.8 Å². The van der Waals surface area contributed by atoms with Gasteiger partial charge in [-0.15, -0.1) is 0 Å². The van der Waals surface area contributed by atoms with Crippen molar-refractivity contribution in [3.63, 3.8) is 0 Å². The van der Waals surface area contributed by atoms with Crippen LogP contribution in [0.25, 0.3) is 0 Å². The first-order chi connectivity index (χ1) is 16.9. The lowest BCUT2D eigenvalue weighted by Gasteiger charge is -2.31. The van der Waals surface area contributed by atoms with Crippen LogP contribution < -0.4 is 5.32 Å². The van der Waals surface area contributed by atoms with E-state index in [1.165, 1.54) is 12.1 Å². The zero-order chi connectivity index (χ0) is 25.4. The number of nitrogens with zero attached hydrogens (tertiary/aromatic N) is 1. The summed E-state index contributed by atoms with van der Waals surface area (Å²) in [4.78, 5) is 37.2. The molecule has 0 radical (unpaired) electrons. The van der Waals surface area contributed by atoms with Crippen LogP contribution in [0.4, 0.5) is 5.69 Å². The quantitative estimate of drug-likeness (QED) is 0.282. The number of benzene rings is 2. The summed E-state index contributed by atoms with van der Waals surface area (Å²) in [6, 6.07) is 15.9. The molecule has 0 fully saturated rings. The maximum atomic E-state index is 13.2. The molecule has 2 aromatic carbocycles. The second-order valence-corrected chi connectivity index (χ2v) is 8.75. The van der Waals surface area contributed by atoms with Gasteiger partial charge in [-0.2, -0.15) is 11.8 Å². The summed E-state index contributed by atoms with van der Waals surface area (Å²) in [5, 5.41) is 14.7. The average Bonchev–Trinajstić information content (AvgIpc) is 2.84. The molecule has 0 bridgehead atoms. The van der Waals surface area contributed by atoms with Gasteiger partial charge in [0.1, 0.15) is 0 Å². The molecule has 1 atom stereocenters. The van der Waals surface area contributed by atoms with E-state index in [1.54, 1.807) is 44.7 Å². The molecule has 0 aromatic heterocycles. The molecule has 0 saturated carbocycles. The van der Waals surface area contributed by atoms with E-state index in [0.29, 0.717) is 22.7 Å². The maximum Gasteiger partial charge on any atom is 0.336 e. The highest BCUT2D eigenvalue weighted by molar-refractivity contribution is 7.98. The number of rotatable bonds is 10. The van der Waals surface area contributed by atoms with E-state index >= 15 is 0 Å². The van der Waals surface area contributed by atoms with Crippen molar-refractivity contribution in [3.05, 3.63) is 98.4 Å². The summed E-state index contributed by atoms with van der Waals surface area (Å²) < 4.78 is 10.7. The van der Waals surface area contributed by atoms with Crippen molar-refractivity contribution >= 4 is 29.4 Å². The number of ether oxygens (including phenoxy) is 2. The highest BCUT2D eigenvalue weighted by Gasteiger charge is 2.39. The lowest BCUT2D eigenvalue weighted by Crippen LogP contribution is -2.34. The van der Waals surface area contributed by atoms with Crippen LogP contribution in [0.2, 0.25) is 0 Å². The van der Waals surface area contributed by atoms with Gasteiger partial charge in [0.15, 0.2) is 0 Å². The molecule has 1 aliphatic rings. The Labute approximate surface area is 208 Å². The van der Waals surface area contributed by atoms with Crippen molar-refractivity contribution in [2.45, 2.75) is 32.4 Å². The van der Waals surface area contributed by atoms with Gasteiger partial charge in [0.2, 0.25) is 0 Å². The predicted molar refractivity (Wildman–Crippen MR) is 135 cm³/mol. The number of nitro benzene ring substituents is 1. The highest BCUT2D eigenvalue weighted by atomic mass is 32.2. The third-order valence-electron chi connectivity index (χ3n) is 5.41. The Morgan fingerprint density at radius 2 is 1.63 bits per heavy atom. The number of thioether (sulfide) groups is 1. The first-order valence-corrected chi connectivity index (χ1v) is 12.4. The molecule has 9 heteroatoms. The van der Waals surface area contributed by atoms with Gasteiger partial charge in [-0.1, -0.05) is 42.5 Å². The maximum absolute atomic E-state index is 13.2. The molecule has 1 unspecified atom stereocenters. The van der Waals surface area contributed by atoms with E-state index in [4.69, 9.17) is 9.47 Å². The van der Waals surface area contributed by atoms with Gasteiger partial charge < -0.3 is 14.8 Å². The Morgan fingerprint density at radius 1 is 0.971 bits per heavy atom. The summed E-state index contributed by atoms with van der Waals surface area (Å²) >= 11 is 1.60. The molecule has 0 amide bonds. The van der Waals surface area contributed by atoms with Gasteiger partial charge >= 0.3 is 11.9 Å². The number of hydrogen-bond acceptors (Lipinski definition) is 8. The first kappa shape index (κ1) is 26.0. The lowest BCUT2D eigenvalue weighted by atomic mass is 9.80. The number of nitro groups is 1. The van der Waals surface area contributed by atoms with Crippen LogP contribution >= 0.6 is 11.8 Å². The van der Waals surface area contributed by atoms with E-state index in [-0.39, 0.29) is 30.0 Å². The van der Waals surface area contributed by atoms with Gasteiger partial charge in [0.25, 0.3) is 5.69 Å². The van der Waals surface area contributed by atoms with Crippen molar-refractivity contribution in [1.82, 2.24) is 5.32 Å². The molecule has 1 N–H and O–H groups in total. The number of nitrogens with one attached hydrogen (secondary N) is 1. The van der Waals surface area contributed by atoms with Crippen molar-refractivity contribution in [1.29, 1.82) is 0 Å². The standard InChI is InChI=1S/C26H28N2O6S/c1-4-33-25(29)22-17(3)27-21(16-35-15-18-10-7-6-8-11-18)24(26(30)34-5-2)23(22)19-12-9-13-20(14-19)28(31)32/h6-14,23,27H,4-5,15-16H2,1-3H3. The second-order valence-electron chi connectivity index (χ2n) is 7.76. The summed E-state index contributed by atoms with van der Waals surface area (Å²) in [5.74, 6) is -0.881. The minimum Gasteiger partial charge on any atom is -0.463 e. The van der Waals surface area contributed by atoms with E-state index in [9.17, 15) is 19.7 Å². The van der Waals surface area contributed by atoms with Crippen molar-refractivity contribution < 1.29 is 24.0 Å². The number of dihydropyridines is 1. The van der Waals surface area contributed by atoms with E-state index < -0.39 is 22.8 Å². The molecule has 0 spiro atoms. The van der Waals surface area contributed by atoms with E-state index in [1.807, 2.05) is 30.3 Å². The summed E-state index contributed by atoms with van der Waals surface area (Å²) in [6.45, 7) is 5.43. The molecule has 2 aromatic rings. The number of allylic oxidation sites excluding steroid dienone is 1. The number of non-ortho nitro benzene ring substituents is 1. The van der Waals surface area contributed by atoms with Gasteiger partial charge in [0, 0.05) is 35.0 Å². The van der Waals surface area contributed by atoms with Crippen molar-refractivity contribution in [2.75, 3.05) is 19.0 Å². The second kappa shape index (κ2) is 12.2. The fourth-order valence-electron chi connectivity index (χ4n) is 3.94. The fraction of sp³-hybridized carbons (Fsp3) is 0.308. The van der Waals surface area contributed by atoms with Gasteiger partial charge in [-0.25, -0.2) is 9.59 Å². The van der Waals surface area contributed by atoms with Crippen LogP contribution in [0.1, 0.15) is 37.8 Å². The van der Waals surface area contributed by atoms with Gasteiger partial charge in [-0.05, 0) is 31.9 Å². The Kier molecular flexibility index (Phi) is 9.08. The number of carbonyl (C=O) groups excluding carboxylic acids is 2.